The highest BCUT2D eigenvalue weighted by molar-refractivity contribution is 5.86. The quantitative estimate of drug-likeness (QED) is 0.204. The molecule has 11 heteroatoms. The van der Waals surface area contributed by atoms with Crippen LogP contribution in [-0.2, 0) is 31.9 Å². The number of carbonyl (C=O) groups is 4. The Balaban J connectivity index is 1.96. The summed E-state index contributed by atoms with van der Waals surface area (Å²) in [6, 6.07) is 16.2. The van der Waals surface area contributed by atoms with E-state index in [2.05, 4.69) is 21.3 Å². The lowest BCUT2D eigenvalue weighted by molar-refractivity contribution is -0.124. The summed E-state index contributed by atoms with van der Waals surface area (Å²) in [5.41, 5.74) is 0.261. The van der Waals surface area contributed by atoms with Gasteiger partial charge in [0.05, 0.1) is 12.6 Å². The third-order valence-electron chi connectivity index (χ3n) is 6.18. The van der Waals surface area contributed by atoms with Gasteiger partial charge in [0, 0.05) is 19.4 Å². The van der Waals surface area contributed by atoms with Gasteiger partial charge in [0.2, 0.25) is 11.8 Å². The first-order chi connectivity index (χ1) is 20.6. The Morgan fingerprint density at radius 1 is 0.682 bits per heavy atom. The second-order valence-electron chi connectivity index (χ2n) is 12.6. The van der Waals surface area contributed by atoms with E-state index in [9.17, 15) is 24.3 Å². The summed E-state index contributed by atoms with van der Waals surface area (Å²) in [7, 11) is 0. The standard InChI is InChI=1S/C33H48N4O7/c1-32(2,3)43-30(41)36-26(20-23-14-9-7-10-15-23)28(39)34-19-13-18-25(22-38)35-29(40)27(21-24-16-11-8-12-17-24)37-31(42)44-33(4,5)6/h7-12,14-17,25-27,38H,13,18-22H2,1-6H3,(H,34,39)(H,35,40)(H,36,41)(H,37,42)/t25?,26-,27-/m0/s1. The van der Waals surface area contributed by atoms with Gasteiger partial charge in [-0.3, -0.25) is 9.59 Å². The molecule has 1 unspecified atom stereocenters. The van der Waals surface area contributed by atoms with E-state index in [1.165, 1.54) is 0 Å². The topological polar surface area (TPSA) is 155 Å². The smallest absolute Gasteiger partial charge is 0.408 e. The van der Waals surface area contributed by atoms with Crippen LogP contribution in [0.5, 0.6) is 0 Å². The molecule has 0 spiro atoms. The minimum absolute atomic E-state index is 0.230. The van der Waals surface area contributed by atoms with Crippen LogP contribution in [0.2, 0.25) is 0 Å². The van der Waals surface area contributed by atoms with Gasteiger partial charge < -0.3 is 35.8 Å². The van der Waals surface area contributed by atoms with E-state index in [-0.39, 0.29) is 31.9 Å². The Morgan fingerprint density at radius 2 is 1.11 bits per heavy atom. The summed E-state index contributed by atoms with van der Waals surface area (Å²) in [5, 5.41) is 20.9. The summed E-state index contributed by atoms with van der Waals surface area (Å²) in [6.45, 7) is 10.3. The Bertz CT molecular complexity index is 1190. The lowest BCUT2D eigenvalue weighted by atomic mass is 10.0. The first kappa shape index (κ1) is 36.1. The van der Waals surface area contributed by atoms with Crippen molar-refractivity contribution in [2.45, 2.75) is 96.6 Å². The summed E-state index contributed by atoms with van der Waals surface area (Å²) in [4.78, 5) is 51.1. The van der Waals surface area contributed by atoms with Gasteiger partial charge in [-0.25, -0.2) is 9.59 Å². The number of amides is 4. The lowest BCUT2D eigenvalue weighted by Gasteiger charge is -2.25. The molecule has 2 aromatic rings. The van der Waals surface area contributed by atoms with Crippen LogP contribution in [0, 0.1) is 0 Å². The Hall–Kier alpha value is -4.12. The van der Waals surface area contributed by atoms with Crippen LogP contribution < -0.4 is 21.3 Å². The average Bonchev–Trinajstić information content (AvgIpc) is 2.92. The molecule has 0 aliphatic carbocycles. The fourth-order valence-electron chi connectivity index (χ4n) is 4.21. The lowest BCUT2D eigenvalue weighted by Crippen LogP contribution is -2.52. The minimum Gasteiger partial charge on any atom is -0.444 e. The van der Waals surface area contributed by atoms with Gasteiger partial charge in [-0.1, -0.05) is 60.7 Å². The van der Waals surface area contributed by atoms with Crippen molar-refractivity contribution in [1.82, 2.24) is 21.3 Å². The maximum Gasteiger partial charge on any atom is 0.408 e. The molecule has 0 heterocycles. The molecule has 11 nitrogen and oxygen atoms in total. The van der Waals surface area contributed by atoms with Gasteiger partial charge in [0.15, 0.2) is 0 Å². The van der Waals surface area contributed by atoms with Crippen LogP contribution >= 0.6 is 0 Å². The van der Waals surface area contributed by atoms with Crippen molar-refractivity contribution < 1.29 is 33.8 Å². The van der Waals surface area contributed by atoms with Crippen LogP contribution in [0.25, 0.3) is 0 Å². The number of aliphatic hydroxyl groups is 1. The van der Waals surface area contributed by atoms with Crippen molar-refractivity contribution in [3.63, 3.8) is 0 Å². The van der Waals surface area contributed by atoms with Gasteiger partial charge in [-0.15, -0.1) is 0 Å². The van der Waals surface area contributed by atoms with E-state index < -0.39 is 47.4 Å². The summed E-state index contributed by atoms with van der Waals surface area (Å²) in [5.74, 6) is -0.846. The van der Waals surface area contributed by atoms with Crippen molar-refractivity contribution in [2.75, 3.05) is 13.2 Å². The number of hydrogen-bond acceptors (Lipinski definition) is 7. The second-order valence-corrected chi connectivity index (χ2v) is 12.6. The molecule has 5 N–H and O–H groups in total. The molecule has 0 fully saturated rings. The molecule has 44 heavy (non-hydrogen) atoms. The van der Waals surface area contributed by atoms with Crippen molar-refractivity contribution in [1.29, 1.82) is 0 Å². The molecule has 0 aromatic heterocycles. The minimum atomic E-state index is -0.932. The molecule has 0 saturated heterocycles. The van der Waals surface area contributed by atoms with E-state index >= 15 is 0 Å². The summed E-state index contributed by atoms with van der Waals surface area (Å²) >= 11 is 0. The number of ether oxygens (including phenoxy) is 2. The maximum atomic E-state index is 13.2. The third-order valence-corrected chi connectivity index (χ3v) is 6.18. The molecule has 242 valence electrons. The molecular formula is C33H48N4O7. The molecule has 0 saturated carbocycles. The molecule has 0 radical (unpaired) electrons. The fourth-order valence-corrected chi connectivity index (χ4v) is 4.21. The van der Waals surface area contributed by atoms with Gasteiger partial charge in [0.25, 0.3) is 0 Å². The molecular weight excluding hydrogens is 564 g/mol. The van der Waals surface area contributed by atoms with Crippen LogP contribution in [0.3, 0.4) is 0 Å². The van der Waals surface area contributed by atoms with Gasteiger partial charge >= 0.3 is 12.2 Å². The van der Waals surface area contributed by atoms with Crippen LogP contribution in [-0.4, -0.2) is 71.6 Å². The molecule has 3 atom stereocenters. The molecule has 0 bridgehead atoms. The first-order valence-corrected chi connectivity index (χ1v) is 14.9. The number of benzene rings is 2. The Morgan fingerprint density at radius 3 is 1.52 bits per heavy atom. The average molecular weight is 613 g/mol. The number of carbonyl (C=O) groups excluding carboxylic acids is 4. The fraction of sp³-hybridized carbons (Fsp3) is 0.515. The molecule has 2 aromatic carbocycles. The van der Waals surface area contributed by atoms with E-state index in [0.29, 0.717) is 12.8 Å². The SMILES string of the molecule is CC(C)(C)OC(=O)N[C@@H](Cc1ccccc1)C(=O)NCCCC(CO)NC(=O)[C@H](Cc1ccccc1)NC(=O)OC(C)(C)C. The Kier molecular flexibility index (Phi) is 14.1. The highest BCUT2D eigenvalue weighted by atomic mass is 16.6. The normalized spacial score (nSPS) is 13.5. The molecule has 4 amide bonds. The number of alkyl carbamates (subject to hydrolysis) is 2. The van der Waals surface area contributed by atoms with Crippen molar-refractivity contribution >= 4 is 24.0 Å². The molecule has 0 aliphatic rings. The second kappa shape index (κ2) is 17.2. The van der Waals surface area contributed by atoms with Crippen molar-refractivity contribution in [3.05, 3.63) is 71.8 Å². The van der Waals surface area contributed by atoms with Gasteiger partial charge in [-0.2, -0.15) is 0 Å². The molecule has 2 rings (SSSR count). The van der Waals surface area contributed by atoms with E-state index in [1.54, 1.807) is 41.5 Å². The zero-order chi connectivity index (χ0) is 32.8. The first-order valence-electron chi connectivity index (χ1n) is 14.9. The largest absolute Gasteiger partial charge is 0.444 e. The third kappa shape index (κ3) is 14.9. The van der Waals surface area contributed by atoms with E-state index in [0.717, 1.165) is 11.1 Å². The Labute approximate surface area is 260 Å². The zero-order valence-corrected chi connectivity index (χ0v) is 26.6. The summed E-state index contributed by atoms with van der Waals surface area (Å²) < 4.78 is 10.7. The predicted molar refractivity (Wildman–Crippen MR) is 168 cm³/mol. The highest BCUT2D eigenvalue weighted by Crippen LogP contribution is 2.11. The van der Waals surface area contributed by atoms with Gasteiger partial charge in [-0.05, 0) is 65.5 Å². The maximum absolute atomic E-state index is 13.2. The number of aliphatic hydroxyl groups excluding tert-OH is 1. The van der Waals surface area contributed by atoms with Crippen LogP contribution in [0.1, 0.15) is 65.5 Å². The highest BCUT2D eigenvalue weighted by Gasteiger charge is 2.27. The predicted octanol–water partition coefficient (Wildman–Crippen LogP) is 3.63. The van der Waals surface area contributed by atoms with E-state index in [1.807, 2.05) is 60.7 Å². The number of rotatable bonds is 14. The van der Waals surface area contributed by atoms with Crippen molar-refractivity contribution in [2.24, 2.45) is 0 Å². The van der Waals surface area contributed by atoms with Crippen LogP contribution in [0.15, 0.2) is 60.7 Å². The van der Waals surface area contributed by atoms with Crippen molar-refractivity contribution in [3.8, 4) is 0 Å². The number of hydrogen-bond donors (Lipinski definition) is 5. The zero-order valence-electron chi connectivity index (χ0n) is 26.6. The van der Waals surface area contributed by atoms with E-state index in [4.69, 9.17) is 9.47 Å². The summed E-state index contributed by atoms with van der Waals surface area (Å²) in [6.07, 6.45) is -0.119. The number of nitrogens with one attached hydrogen (secondary N) is 4. The van der Waals surface area contributed by atoms with Gasteiger partial charge in [0.1, 0.15) is 23.3 Å². The molecule has 0 aliphatic heterocycles. The van der Waals surface area contributed by atoms with Crippen LogP contribution in [0.4, 0.5) is 9.59 Å². The monoisotopic (exact) mass is 612 g/mol.